The van der Waals surface area contributed by atoms with Gasteiger partial charge in [-0.1, -0.05) is 32.6 Å². The van der Waals surface area contributed by atoms with Crippen molar-refractivity contribution in [1.29, 1.82) is 0 Å². The third-order valence-electron chi connectivity index (χ3n) is 2.99. The molecule has 4 nitrogen and oxygen atoms in total. The maximum Gasteiger partial charge on any atom is 0.138 e. The van der Waals surface area contributed by atoms with Crippen LogP contribution in [0.1, 0.15) is 26.7 Å². The molecule has 6 heteroatoms. The summed E-state index contributed by atoms with van der Waals surface area (Å²) in [5.74, 6) is 0.331. The van der Waals surface area contributed by atoms with Crippen LogP contribution < -0.4 is 21.3 Å². The molecule has 0 aromatic heterocycles. The van der Waals surface area contributed by atoms with Gasteiger partial charge in [-0.2, -0.15) is 0 Å². The van der Waals surface area contributed by atoms with E-state index in [0.29, 0.717) is 16.5 Å². The van der Waals surface area contributed by atoms with Gasteiger partial charge < -0.3 is 11.2 Å². The molecular formula is C17H27FN4S. The van der Waals surface area contributed by atoms with E-state index in [-0.39, 0.29) is 5.82 Å². The van der Waals surface area contributed by atoms with Gasteiger partial charge in [-0.05, 0) is 48.4 Å². The molecule has 0 heterocycles. The summed E-state index contributed by atoms with van der Waals surface area (Å²) in [6.07, 6.45) is 3.67. The van der Waals surface area contributed by atoms with Crippen molar-refractivity contribution in [2.45, 2.75) is 31.6 Å². The highest BCUT2D eigenvalue weighted by Gasteiger charge is 2.02. The van der Waals surface area contributed by atoms with Gasteiger partial charge in [0.15, 0.2) is 0 Å². The molecule has 0 amide bonds. The minimum Gasteiger partial charge on any atom is -0.399 e. The van der Waals surface area contributed by atoms with Crippen molar-refractivity contribution < 1.29 is 4.39 Å². The van der Waals surface area contributed by atoms with Gasteiger partial charge in [0, 0.05) is 25.0 Å². The summed E-state index contributed by atoms with van der Waals surface area (Å²) >= 11 is 1.31. The van der Waals surface area contributed by atoms with Crippen molar-refractivity contribution in [3.05, 3.63) is 54.1 Å². The molecule has 0 fully saturated rings. The van der Waals surface area contributed by atoms with E-state index in [4.69, 9.17) is 5.73 Å². The van der Waals surface area contributed by atoms with Gasteiger partial charge in [0.05, 0.1) is 4.90 Å². The fourth-order valence-corrected chi connectivity index (χ4v) is 2.55. The molecule has 23 heavy (non-hydrogen) atoms. The molecule has 1 aromatic rings. The topological polar surface area (TPSA) is 62.1 Å². The van der Waals surface area contributed by atoms with Crippen LogP contribution in [-0.2, 0) is 0 Å². The van der Waals surface area contributed by atoms with Crippen LogP contribution in [0.15, 0.2) is 53.2 Å². The highest BCUT2D eigenvalue weighted by molar-refractivity contribution is 7.97. The Bertz CT molecular complexity index is 517. The lowest BCUT2D eigenvalue weighted by atomic mass is 10.0. The Morgan fingerprint density at radius 1 is 1.35 bits per heavy atom. The van der Waals surface area contributed by atoms with E-state index < -0.39 is 0 Å². The molecule has 128 valence electrons. The smallest absolute Gasteiger partial charge is 0.138 e. The summed E-state index contributed by atoms with van der Waals surface area (Å²) in [5, 5.41) is 0. The molecule has 0 atom stereocenters. The third kappa shape index (κ3) is 8.64. The molecular weight excluding hydrogens is 311 g/mol. The number of rotatable bonds is 11. The average molecular weight is 338 g/mol. The fourth-order valence-electron chi connectivity index (χ4n) is 1.84. The molecule has 1 rings (SSSR count). The molecule has 0 saturated heterocycles. The first kappa shape index (κ1) is 19.5. The van der Waals surface area contributed by atoms with Crippen LogP contribution in [0.3, 0.4) is 0 Å². The standard InChI is InChI=1S/C17H27FN4S/c1-13(2)11-15(14(3)19)12-21-20-9-6-10-22-23-17-8-5-4-7-16(17)18/h4-5,7-8,12-13,20-22H,3,6,9-11,19H2,1-2H3/b15-12+. The van der Waals surface area contributed by atoms with E-state index >= 15 is 0 Å². The first-order valence-corrected chi connectivity index (χ1v) is 8.58. The normalized spacial score (nSPS) is 11.7. The van der Waals surface area contributed by atoms with Crippen molar-refractivity contribution >= 4 is 11.9 Å². The first-order chi connectivity index (χ1) is 11.0. The average Bonchev–Trinajstić information content (AvgIpc) is 2.49. The summed E-state index contributed by atoms with van der Waals surface area (Å²) in [6, 6.07) is 6.73. The van der Waals surface area contributed by atoms with Crippen molar-refractivity contribution in [3.63, 3.8) is 0 Å². The highest BCUT2D eigenvalue weighted by atomic mass is 32.2. The predicted octanol–water partition coefficient (Wildman–Crippen LogP) is 3.31. The summed E-state index contributed by atoms with van der Waals surface area (Å²) in [7, 11) is 0. The summed E-state index contributed by atoms with van der Waals surface area (Å²) in [6.45, 7) is 9.63. The van der Waals surface area contributed by atoms with Crippen LogP contribution in [0.25, 0.3) is 0 Å². The molecule has 0 aliphatic rings. The summed E-state index contributed by atoms with van der Waals surface area (Å²) in [4.78, 5) is 0.612. The lowest BCUT2D eigenvalue weighted by molar-refractivity contribution is 0.585. The number of hydrazine groups is 1. The van der Waals surface area contributed by atoms with Gasteiger partial charge in [0.25, 0.3) is 0 Å². The molecule has 0 saturated carbocycles. The second kappa shape index (κ2) is 11.1. The molecule has 1 aromatic carbocycles. The Morgan fingerprint density at radius 2 is 2.09 bits per heavy atom. The van der Waals surface area contributed by atoms with Crippen LogP contribution in [-0.4, -0.2) is 13.1 Å². The lowest BCUT2D eigenvalue weighted by Crippen LogP contribution is -2.30. The van der Waals surface area contributed by atoms with E-state index in [1.807, 2.05) is 12.3 Å². The number of nitrogens with two attached hydrogens (primary N) is 1. The van der Waals surface area contributed by atoms with Gasteiger partial charge >= 0.3 is 0 Å². The zero-order chi connectivity index (χ0) is 17.1. The molecule has 0 spiro atoms. The molecule has 0 bridgehead atoms. The quantitative estimate of drug-likeness (QED) is 0.216. The molecule has 0 aliphatic carbocycles. The monoisotopic (exact) mass is 338 g/mol. The van der Waals surface area contributed by atoms with Crippen LogP contribution in [0.2, 0.25) is 0 Å². The van der Waals surface area contributed by atoms with E-state index in [9.17, 15) is 4.39 Å². The minimum atomic E-state index is -0.199. The maximum atomic E-state index is 13.4. The molecule has 0 unspecified atom stereocenters. The van der Waals surface area contributed by atoms with E-state index in [0.717, 1.165) is 31.5 Å². The van der Waals surface area contributed by atoms with Crippen LogP contribution in [0, 0.1) is 11.7 Å². The van der Waals surface area contributed by atoms with Crippen LogP contribution in [0.5, 0.6) is 0 Å². The number of nitrogens with one attached hydrogen (secondary N) is 3. The van der Waals surface area contributed by atoms with Crippen molar-refractivity contribution in [2.24, 2.45) is 11.7 Å². The Morgan fingerprint density at radius 3 is 2.74 bits per heavy atom. The second-order valence-corrected chi connectivity index (χ2v) is 6.58. The third-order valence-corrected chi connectivity index (χ3v) is 3.89. The second-order valence-electron chi connectivity index (χ2n) is 5.64. The highest BCUT2D eigenvalue weighted by Crippen LogP contribution is 2.17. The number of halogens is 1. The van der Waals surface area contributed by atoms with E-state index in [1.54, 1.807) is 12.1 Å². The van der Waals surface area contributed by atoms with Gasteiger partial charge in [-0.3, -0.25) is 4.72 Å². The summed E-state index contributed by atoms with van der Waals surface area (Å²) in [5.41, 5.74) is 13.5. The van der Waals surface area contributed by atoms with Crippen molar-refractivity contribution in [1.82, 2.24) is 15.6 Å². The van der Waals surface area contributed by atoms with Gasteiger partial charge in [0.2, 0.25) is 0 Å². The van der Waals surface area contributed by atoms with Crippen LogP contribution >= 0.6 is 11.9 Å². The Labute approximate surface area is 142 Å². The van der Waals surface area contributed by atoms with Crippen molar-refractivity contribution in [3.8, 4) is 0 Å². The summed E-state index contributed by atoms with van der Waals surface area (Å²) < 4.78 is 16.5. The van der Waals surface area contributed by atoms with Gasteiger partial charge in [-0.15, -0.1) is 0 Å². The maximum absolute atomic E-state index is 13.4. The van der Waals surface area contributed by atoms with Crippen LogP contribution in [0.4, 0.5) is 4.39 Å². The van der Waals surface area contributed by atoms with Gasteiger partial charge in [-0.25, -0.2) is 9.82 Å². The minimum absolute atomic E-state index is 0.199. The number of benzene rings is 1. The largest absolute Gasteiger partial charge is 0.399 e. The van der Waals surface area contributed by atoms with E-state index in [2.05, 4.69) is 36.0 Å². The number of hydrogen-bond donors (Lipinski definition) is 4. The predicted molar refractivity (Wildman–Crippen MR) is 96.9 cm³/mol. The Balaban J connectivity index is 2.13. The van der Waals surface area contributed by atoms with E-state index in [1.165, 1.54) is 18.0 Å². The number of hydrogen-bond acceptors (Lipinski definition) is 5. The first-order valence-electron chi connectivity index (χ1n) is 7.77. The zero-order valence-corrected chi connectivity index (χ0v) is 14.7. The molecule has 0 radical (unpaired) electrons. The molecule has 5 N–H and O–H groups in total. The SMILES string of the molecule is C=C(N)/C(=C/NNCCCNSc1ccccc1F)CC(C)C. The Kier molecular flexibility index (Phi) is 9.43. The Hall–Kier alpha value is -1.50. The van der Waals surface area contributed by atoms with Gasteiger partial charge in [0.1, 0.15) is 5.82 Å². The fraction of sp³-hybridized carbons (Fsp3) is 0.412. The molecule has 0 aliphatic heterocycles. The van der Waals surface area contributed by atoms with Crippen molar-refractivity contribution in [2.75, 3.05) is 13.1 Å². The number of allylic oxidation sites excluding steroid dienone is 1. The zero-order valence-electron chi connectivity index (χ0n) is 13.9. The lowest BCUT2D eigenvalue weighted by Gasteiger charge is -2.11.